The maximum absolute atomic E-state index is 11.3. The number of aliphatic hydroxyl groups is 1. The van der Waals surface area contributed by atoms with Gasteiger partial charge < -0.3 is 5.11 Å². The lowest BCUT2D eigenvalue weighted by atomic mass is 9.87. The molecule has 1 fully saturated rings. The molecule has 0 aromatic heterocycles. The summed E-state index contributed by atoms with van der Waals surface area (Å²) in [5.41, 5.74) is 0.160. The molecule has 0 spiro atoms. The van der Waals surface area contributed by atoms with E-state index in [1.54, 1.807) is 0 Å². The molecule has 1 aliphatic carbocycles. The summed E-state index contributed by atoms with van der Waals surface area (Å²) < 4.78 is 0. The van der Waals surface area contributed by atoms with Gasteiger partial charge >= 0.3 is 0 Å². The van der Waals surface area contributed by atoms with Gasteiger partial charge in [0.15, 0.2) is 0 Å². The summed E-state index contributed by atoms with van der Waals surface area (Å²) in [5, 5.41) is 10.5. The molecule has 0 saturated heterocycles. The fourth-order valence-corrected chi connectivity index (χ4v) is 2.21. The quantitative estimate of drug-likeness (QED) is 0.713. The molecule has 0 amide bonds. The summed E-state index contributed by atoms with van der Waals surface area (Å²) in [5.74, 6) is 0.279. The Bertz CT molecular complexity index is 345. The van der Waals surface area contributed by atoms with E-state index in [1.165, 1.54) is 0 Å². The average Bonchev–Trinajstić information content (AvgIpc) is 2.44. The molecule has 1 atom stereocenters. The Kier molecular flexibility index (Phi) is 2.87. The lowest BCUT2D eigenvalue weighted by Gasteiger charge is -2.26. The molecule has 1 unspecified atom stereocenters. The number of carbonyl (C=O) groups excluding carboxylic acids is 1. The largest absolute Gasteiger partial charge is 0.385 e. The van der Waals surface area contributed by atoms with E-state index in [9.17, 15) is 9.90 Å². The summed E-state index contributed by atoms with van der Waals surface area (Å²) in [6, 6.07) is 9.68. The van der Waals surface area contributed by atoms with Gasteiger partial charge in [0.1, 0.15) is 5.78 Å². The van der Waals surface area contributed by atoms with Gasteiger partial charge in [0.2, 0.25) is 0 Å². The topological polar surface area (TPSA) is 37.3 Å². The Morgan fingerprint density at radius 2 is 1.80 bits per heavy atom. The van der Waals surface area contributed by atoms with Crippen molar-refractivity contribution < 1.29 is 9.90 Å². The minimum Gasteiger partial charge on any atom is -0.385 e. The van der Waals surface area contributed by atoms with Crippen LogP contribution in [0.15, 0.2) is 30.3 Å². The number of Topliss-reactive ketones (excluding diaryl/α,β-unsaturated/α-hetero) is 1. The third kappa shape index (κ3) is 2.26. The van der Waals surface area contributed by atoms with Gasteiger partial charge in [-0.15, -0.1) is 0 Å². The first kappa shape index (κ1) is 10.4. The van der Waals surface area contributed by atoms with Crippen LogP contribution in [0.1, 0.15) is 37.7 Å². The summed E-state index contributed by atoms with van der Waals surface area (Å²) in [7, 11) is 0. The summed E-state index contributed by atoms with van der Waals surface area (Å²) in [6.45, 7) is 0. The number of rotatable bonds is 1. The summed E-state index contributed by atoms with van der Waals surface area (Å²) in [6.07, 6.45) is 3.18. The molecule has 2 nitrogen and oxygen atoms in total. The molecule has 80 valence electrons. The molecule has 1 N–H and O–H groups in total. The summed E-state index contributed by atoms with van der Waals surface area (Å²) >= 11 is 0. The average molecular weight is 204 g/mol. The number of hydrogen-bond acceptors (Lipinski definition) is 2. The zero-order valence-corrected chi connectivity index (χ0v) is 8.78. The maximum Gasteiger partial charge on any atom is 0.133 e. The van der Waals surface area contributed by atoms with Crippen molar-refractivity contribution >= 4 is 5.78 Å². The fraction of sp³-hybridized carbons (Fsp3) is 0.462. The van der Waals surface area contributed by atoms with Crippen LogP contribution in [-0.4, -0.2) is 10.9 Å². The Balaban J connectivity index is 2.22. The van der Waals surface area contributed by atoms with Crippen LogP contribution in [0.4, 0.5) is 0 Å². The van der Waals surface area contributed by atoms with Gasteiger partial charge in [-0.05, 0) is 24.8 Å². The monoisotopic (exact) mass is 204 g/mol. The second-order valence-corrected chi connectivity index (χ2v) is 4.29. The molecule has 2 heteroatoms. The standard InChI is InChI=1S/C13H16O2/c14-12-7-4-9-13(15,10-8-12)11-5-2-1-3-6-11/h1-3,5-6,15H,4,7-10H2. The molecule has 15 heavy (non-hydrogen) atoms. The van der Waals surface area contributed by atoms with Gasteiger partial charge in [0.25, 0.3) is 0 Å². The second-order valence-electron chi connectivity index (χ2n) is 4.29. The highest BCUT2D eigenvalue weighted by Gasteiger charge is 2.31. The molecule has 2 rings (SSSR count). The minimum absolute atomic E-state index is 0.279. The normalized spacial score (nSPS) is 27.4. The van der Waals surface area contributed by atoms with Gasteiger partial charge in [0, 0.05) is 12.8 Å². The van der Waals surface area contributed by atoms with E-state index in [0.29, 0.717) is 25.7 Å². The first-order valence-corrected chi connectivity index (χ1v) is 5.50. The number of benzene rings is 1. The van der Waals surface area contributed by atoms with Crippen molar-refractivity contribution in [2.24, 2.45) is 0 Å². The van der Waals surface area contributed by atoms with Gasteiger partial charge in [-0.1, -0.05) is 30.3 Å². The fourth-order valence-electron chi connectivity index (χ4n) is 2.21. The Labute approximate surface area is 89.9 Å². The van der Waals surface area contributed by atoms with Crippen molar-refractivity contribution in [1.29, 1.82) is 0 Å². The van der Waals surface area contributed by atoms with E-state index in [0.717, 1.165) is 12.0 Å². The SMILES string of the molecule is O=C1CCCC(O)(c2ccccc2)CC1. The van der Waals surface area contributed by atoms with E-state index < -0.39 is 5.60 Å². The lowest BCUT2D eigenvalue weighted by molar-refractivity contribution is -0.119. The van der Waals surface area contributed by atoms with Crippen molar-refractivity contribution in [1.82, 2.24) is 0 Å². The Morgan fingerprint density at radius 3 is 2.53 bits per heavy atom. The molecule has 0 heterocycles. The second kappa shape index (κ2) is 4.15. The summed E-state index contributed by atoms with van der Waals surface area (Å²) in [4.78, 5) is 11.3. The van der Waals surface area contributed by atoms with Crippen molar-refractivity contribution in [2.45, 2.75) is 37.7 Å². The van der Waals surface area contributed by atoms with Gasteiger partial charge in [-0.25, -0.2) is 0 Å². The third-order valence-electron chi connectivity index (χ3n) is 3.17. The van der Waals surface area contributed by atoms with Crippen molar-refractivity contribution in [3.05, 3.63) is 35.9 Å². The van der Waals surface area contributed by atoms with Crippen LogP contribution < -0.4 is 0 Å². The number of ketones is 1. The molecular formula is C13H16O2. The predicted molar refractivity (Wildman–Crippen MR) is 58.4 cm³/mol. The van der Waals surface area contributed by atoms with E-state index in [-0.39, 0.29) is 5.78 Å². The highest BCUT2D eigenvalue weighted by atomic mass is 16.3. The molecular weight excluding hydrogens is 188 g/mol. The smallest absolute Gasteiger partial charge is 0.133 e. The number of carbonyl (C=O) groups is 1. The molecule has 0 radical (unpaired) electrons. The zero-order chi connectivity index (χ0) is 10.7. The Morgan fingerprint density at radius 1 is 1.07 bits per heavy atom. The highest BCUT2D eigenvalue weighted by Crippen LogP contribution is 2.34. The first-order chi connectivity index (χ1) is 7.21. The van der Waals surface area contributed by atoms with E-state index in [2.05, 4.69) is 0 Å². The van der Waals surface area contributed by atoms with Crippen LogP contribution in [0, 0.1) is 0 Å². The Hall–Kier alpha value is -1.15. The van der Waals surface area contributed by atoms with Crippen molar-refractivity contribution in [3.63, 3.8) is 0 Å². The molecule has 0 bridgehead atoms. The zero-order valence-electron chi connectivity index (χ0n) is 8.78. The van der Waals surface area contributed by atoms with Crippen LogP contribution in [0.5, 0.6) is 0 Å². The molecule has 1 aliphatic rings. The van der Waals surface area contributed by atoms with Crippen LogP contribution in [-0.2, 0) is 10.4 Å². The van der Waals surface area contributed by atoms with Gasteiger partial charge in [0.05, 0.1) is 5.60 Å². The molecule has 1 aromatic carbocycles. The van der Waals surface area contributed by atoms with E-state index >= 15 is 0 Å². The van der Waals surface area contributed by atoms with E-state index in [1.807, 2.05) is 30.3 Å². The lowest BCUT2D eigenvalue weighted by Crippen LogP contribution is -2.24. The van der Waals surface area contributed by atoms with Crippen LogP contribution >= 0.6 is 0 Å². The van der Waals surface area contributed by atoms with Gasteiger partial charge in [-0.2, -0.15) is 0 Å². The van der Waals surface area contributed by atoms with Crippen LogP contribution in [0.3, 0.4) is 0 Å². The molecule has 0 aliphatic heterocycles. The first-order valence-electron chi connectivity index (χ1n) is 5.50. The van der Waals surface area contributed by atoms with Gasteiger partial charge in [-0.3, -0.25) is 4.79 Å². The van der Waals surface area contributed by atoms with Crippen LogP contribution in [0.25, 0.3) is 0 Å². The van der Waals surface area contributed by atoms with Crippen molar-refractivity contribution in [3.8, 4) is 0 Å². The minimum atomic E-state index is -0.784. The number of hydrogen-bond donors (Lipinski definition) is 1. The van der Waals surface area contributed by atoms with E-state index in [4.69, 9.17) is 0 Å². The predicted octanol–water partition coefficient (Wildman–Crippen LogP) is 2.41. The third-order valence-corrected chi connectivity index (χ3v) is 3.17. The molecule has 1 saturated carbocycles. The van der Waals surface area contributed by atoms with Crippen LogP contribution in [0.2, 0.25) is 0 Å². The molecule has 1 aromatic rings. The van der Waals surface area contributed by atoms with Crippen molar-refractivity contribution in [2.75, 3.05) is 0 Å². The highest BCUT2D eigenvalue weighted by molar-refractivity contribution is 5.78. The maximum atomic E-state index is 11.3.